The first-order valence-electron chi connectivity index (χ1n) is 6.18. The van der Waals surface area contributed by atoms with Crippen LogP contribution in [0, 0.1) is 0 Å². The molecule has 0 aliphatic carbocycles. The van der Waals surface area contributed by atoms with E-state index >= 15 is 0 Å². The van der Waals surface area contributed by atoms with Crippen LogP contribution in [0.25, 0.3) is 0 Å². The quantitative estimate of drug-likeness (QED) is 0.813. The SMILES string of the molecule is CCC(NC(CC)c1cccs1)c1ccco1. The summed E-state index contributed by atoms with van der Waals surface area (Å²) in [5.41, 5.74) is 0. The second kappa shape index (κ2) is 6.03. The molecular weight excluding hydrogens is 230 g/mol. The summed E-state index contributed by atoms with van der Waals surface area (Å²) in [6.45, 7) is 4.40. The fourth-order valence-corrected chi connectivity index (χ4v) is 2.89. The molecule has 17 heavy (non-hydrogen) atoms. The molecule has 3 heteroatoms. The van der Waals surface area contributed by atoms with Crippen LogP contribution in [0.5, 0.6) is 0 Å². The summed E-state index contributed by atoms with van der Waals surface area (Å²) in [6, 6.07) is 9.02. The largest absolute Gasteiger partial charge is 0.468 e. The first-order chi connectivity index (χ1) is 8.35. The first kappa shape index (κ1) is 12.4. The number of thiophene rings is 1. The Labute approximate surface area is 107 Å². The minimum absolute atomic E-state index is 0.303. The van der Waals surface area contributed by atoms with Gasteiger partial charge >= 0.3 is 0 Å². The Morgan fingerprint density at radius 2 is 2.00 bits per heavy atom. The van der Waals surface area contributed by atoms with Crippen molar-refractivity contribution in [2.45, 2.75) is 38.8 Å². The van der Waals surface area contributed by atoms with Crippen LogP contribution in [0.15, 0.2) is 40.3 Å². The highest BCUT2D eigenvalue weighted by Gasteiger charge is 2.18. The average Bonchev–Trinajstić information content (AvgIpc) is 3.03. The molecule has 0 aliphatic heterocycles. The smallest absolute Gasteiger partial charge is 0.120 e. The highest BCUT2D eigenvalue weighted by molar-refractivity contribution is 7.10. The lowest BCUT2D eigenvalue weighted by molar-refractivity contribution is 0.364. The molecule has 92 valence electrons. The molecule has 0 radical (unpaired) electrons. The third-order valence-electron chi connectivity index (χ3n) is 2.99. The van der Waals surface area contributed by atoms with Crippen molar-refractivity contribution in [3.05, 3.63) is 46.5 Å². The fraction of sp³-hybridized carbons (Fsp3) is 0.429. The van der Waals surface area contributed by atoms with Gasteiger partial charge in [-0.1, -0.05) is 19.9 Å². The van der Waals surface area contributed by atoms with Gasteiger partial charge in [0, 0.05) is 10.9 Å². The van der Waals surface area contributed by atoms with E-state index in [1.54, 1.807) is 6.26 Å². The van der Waals surface area contributed by atoms with Crippen molar-refractivity contribution in [3.8, 4) is 0 Å². The molecule has 0 saturated carbocycles. The zero-order valence-corrected chi connectivity index (χ0v) is 11.2. The molecule has 2 nitrogen and oxygen atoms in total. The third kappa shape index (κ3) is 2.99. The highest BCUT2D eigenvalue weighted by Crippen LogP contribution is 2.27. The molecule has 2 rings (SSSR count). The summed E-state index contributed by atoms with van der Waals surface area (Å²) in [6.07, 6.45) is 3.87. The van der Waals surface area contributed by atoms with Crippen LogP contribution in [0.3, 0.4) is 0 Å². The number of nitrogens with one attached hydrogen (secondary N) is 1. The molecule has 2 unspecified atom stereocenters. The van der Waals surface area contributed by atoms with Crippen LogP contribution < -0.4 is 5.32 Å². The van der Waals surface area contributed by atoms with Gasteiger partial charge in [-0.25, -0.2) is 0 Å². The lowest BCUT2D eigenvalue weighted by Gasteiger charge is -2.22. The molecule has 2 heterocycles. The van der Waals surface area contributed by atoms with Crippen molar-refractivity contribution >= 4 is 11.3 Å². The predicted octanol–water partition coefficient (Wildman–Crippen LogP) is 4.53. The van der Waals surface area contributed by atoms with Gasteiger partial charge < -0.3 is 4.42 Å². The summed E-state index contributed by atoms with van der Waals surface area (Å²) in [4.78, 5) is 1.40. The Morgan fingerprint density at radius 3 is 2.53 bits per heavy atom. The monoisotopic (exact) mass is 249 g/mol. The summed E-state index contributed by atoms with van der Waals surface area (Å²) in [5, 5.41) is 5.81. The summed E-state index contributed by atoms with van der Waals surface area (Å²) < 4.78 is 5.49. The summed E-state index contributed by atoms with van der Waals surface area (Å²) in [7, 11) is 0. The average molecular weight is 249 g/mol. The van der Waals surface area contributed by atoms with E-state index in [1.807, 2.05) is 23.5 Å². The van der Waals surface area contributed by atoms with Crippen molar-refractivity contribution in [2.24, 2.45) is 0 Å². The van der Waals surface area contributed by atoms with Gasteiger partial charge in [0.25, 0.3) is 0 Å². The van der Waals surface area contributed by atoms with Crippen molar-refractivity contribution in [1.29, 1.82) is 0 Å². The highest BCUT2D eigenvalue weighted by atomic mass is 32.1. The van der Waals surface area contributed by atoms with E-state index in [9.17, 15) is 0 Å². The third-order valence-corrected chi connectivity index (χ3v) is 3.98. The van der Waals surface area contributed by atoms with Crippen LogP contribution in [0.2, 0.25) is 0 Å². The molecule has 0 amide bonds. The van der Waals surface area contributed by atoms with Gasteiger partial charge in [0.05, 0.1) is 12.3 Å². The van der Waals surface area contributed by atoms with E-state index in [0.717, 1.165) is 18.6 Å². The van der Waals surface area contributed by atoms with Crippen LogP contribution in [0.1, 0.15) is 49.4 Å². The Bertz CT molecular complexity index is 367. The zero-order chi connectivity index (χ0) is 12.1. The molecule has 0 bridgehead atoms. The number of hydrogen-bond donors (Lipinski definition) is 1. The lowest BCUT2D eigenvalue weighted by atomic mass is 10.1. The van der Waals surface area contributed by atoms with Crippen molar-refractivity contribution < 1.29 is 4.42 Å². The van der Waals surface area contributed by atoms with Crippen LogP contribution in [0.4, 0.5) is 0 Å². The molecule has 0 saturated heterocycles. The van der Waals surface area contributed by atoms with E-state index in [4.69, 9.17) is 4.42 Å². The van der Waals surface area contributed by atoms with Gasteiger partial charge in [-0.15, -0.1) is 11.3 Å². The van der Waals surface area contributed by atoms with E-state index in [1.165, 1.54) is 4.88 Å². The molecule has 0 aliphatic rings. The molecule has 2 aromatic heterocycles. The van der Waals surface area contributed by atoms with Gasteiger partial charge in [0.15, 0.2) is 0 Å². The van der Waals surface area contributed by atoms with Gasteiger partial charge in [-0.2, -0.15) is 0 Å². The van der Waals surface area contributed by atoms with Crippen molar-refractivity contribution in [2.75, 3.05) is 0 Å². The number of furan rings is 1. The maximum Gasteiger partial charge on any atom is 0.120 e. The minimum Gasteiger partial charge on any atom is -0.468 e. The maximum atomic E-state index is 5.49. The second-order valence-corrected chi connectivity index (χ2v) is 5.10. The molecule has 0 spiro atoms. The lowest BCUT2D eigenvalue weighted by Crippen LogP contribution is -2.24. The van der Waals surface area contributed by atoms with Crippen molar-refractivity contribution in [1.82, 2.24) is 5.32 Å². The normalized spacial score (nSPS) is 14.7. The van der Waals surface area contributed by atoms with Gasteiger partial charge in [-0.05, 0) is 36.4 Å². The topological polar surface area (TPSA) is 25.2 Å². The molecular formula is C14H19NOS. The maximum absolute atomic E-state index is 5.49. The Morgan fingerprint density at radius 1 is 1.18 bits per heavy atom. The molecule has 0 aromatic carbocycles. The standard InChI is InChI=1S/C14H19NOS/c1-3-11(13-7-5-9-16-13)15-12(4-2)14-8-6-10-17-14/h5-12,15H,3-4H2,1-2H3. The fourth-order valence-electron chi connectivity index (χ4n) is 2.02. The zero-order valence-electron chi connectivity index (χ0n) is 10.3. The minimum atomic E-state index is 0.303. The van der Waals surface area contributed by atoms with E-state index in [0.29, 0.717) is 12.1 Å². The Balaban J connectivity index is 2.07. The summed E-state index contributed by atoms with van der Waals surface area (Å²) >= 11 is 1.81. The van der Waals surface area contributed by atoms with E-state index < -0.39 is 0 Å². The number of hydrogen-bond acceptors (Lipinski definition) is 3. The van der Waals surface area contributed by atoms with Crippen molar-refractivity contribution in [3.63, 3.8) is 0 Å². The first-order valence-corrected chi connectivity index (χ1v) is 7.06. The Hall–Kier alpha value is -1.06. The van der Waals surface area contributed by atoms with Crippen LogP contribution in [-0.2, 0) is 0 Å². The Kier molecular flexibility index (Phi) is 4.40. The predicted molar refractivity (Wildman–Crippen MR) is 72.2 cm³/mol. The molecule has 0 fully saturated rings. The molecule has 1 N–H and O–H groups in total. The number of rotatable bonds is 6. The molecule has 2 aromatic rings. The second-order valence-electron chi connectivity index (χ2n) is 4.12. The van der Waals surface area contributed by atoms with E-state index in [2.05, 4.69) is 36.7 Å². The summed E-state index contributed by atoms with van der Waals surface area (Å²) in [5.74, 6) is 1.03. The molecule has 2 atom stereocenters. The van der Waals surface area contributed by atoms with Crippen LogP contribution in [-0.4, -0.2) is 0 Å². The van der Waals surface area contributed by atoms with Gasteiger partial charge in [0.2, 0.25) is 0 Å². The van der Waals surface area contributed by atoms with E-state index in [-0.39, 0.29) is 0 Å². The van der Waals surface area contributed by atoms with Crippen LogP contribution >= 0.6 is 11.3 Å². The van der Waals surface area contributed by atoms with Gasteiger partial charge in [0.1, 0.15) is 5.76 Å². The van der Waals surface area contributed by atoms with Gasteiger partial charge in [-0.3, -0.25) is 5.32 Å².